The molecule has 0 unspecified atom stereocenters. The molecule has 3 aromatic rings. The first-order valence-corrected chi connectivity index (χ1v) is 8.55. The molecular weight excluding hydrogens is 415 g/mol. The molecule has 3 rings (SSSR count). The number of pyridine rings is 1. The predicted molar refractivity (Wildman–Crippen MR) is 94.5 cm³/mol. The SMILES string of the molecule is COc1ncnc(OC)c1C(=O)Nc1nc(C(F)(F)F)c(Oc2ccncc2)s1. The summed E-state index contributed by atoms with van der Waals surface area (Å²) in [5.74, 6) is -0.963. The number of methoxy groups -OCH3 is 2. The van der Waals surface area contributed by atoms with Crippen LogP contribution in [0.5, 0.6) is 22.6 Å². The summed E-state index contributed by atoms with van der Waals surface area (Å²) in [6, 6.07) is 2.77. The molecule has 13 heteroatoms. The van der Waals surface area contributed by atoms with Crippen LogP contribution < -0.4 is 19.5 Å². The largest absolute Gasteiger partial charge is 0.480 e. The Labute approximate surface area is 165 Å². The van der Waals surface area contributed by atoms with Crippen molar-refractivity contribution < 1.29 is 32.2 Å². The minimum Gasteiger partial charge on any atom is -0.480 e. The third kappa shape index (κ3) is 4.51. The summed E-state index contributed by atoms with van der Waals surface area (Å²) < 4.78 is 55.3. The zero-order valence-corrected chi connectivity index (χ0v) is 15.7. The van der Waals surface area contributed by atoms with Crippen LogP contribution in [-0.2, 0) is 6.18 Å². The fourth-order valence-electron chi connectivity index (χ4n) is 2.14. The highest BCUT2D eigenvalue weighted by Gasteiger charge is 2.39. The van der Waals surface area contributed by atoms with Gasteiger partial charge in [0.25, 0.3) is 5.91 Å². The summed E-state index contributed by atoms with van der Waals surface area (Å²) >= 11 is 0.503. The quantitative estimate of drug-likeness (QED) is 0.638. The molecule has 0 radical (unpaired) electrons. The lowest BCUT2D eigenvalue weighted by Crippen LogP contribution is -2.16. The monoisotopic (exact) mass is 427 g/mol. The maximum absolute atomic E-state index is 13.3. The number of halogens is 3. The molecule has 152 valence electrons. The molecule has 0 spiro atoms. The number of hydrogen-bond donors (Lipinski definition) is 1. The maximum atomic E-state index is 13.3. The Kier molecular flexibility index (Phi) is 5.77. The Morgan fingerprint density at radius 1 is 1.10 bits per heavy atom. The number of ether oxygens (including phenoxy) is 3. The van der Waals surface area contributed by atoms with E-state index < -0.39 is 22.8 Å². The number of anilines is 1. The van der Waals surface area contributed by atoms with E-state index in [-0.39, 0.29) is 28.2 Å². The van der Waals surface area contributed by atoms with Crippen LogP contribution in [0, 0.1) is 0 Å². The highest BCUT2D eigenvalue weighted by atomic mass is 32.1. The Hall–Kier alpha value is -3.48. The van der Waals surface area contributed by atoms with E-state index in [4.69, 9.17) is 14.2 Å². The molecule has 0 saturated heterocycles. The van der Waals surface area contributed by atoms with Crippen molar-refractivity contribution in [1.29, 1.82) is 0 Å². The first-order valence-electron chi connectivity index (χ1n) is 7.73. The van der Waals surface area contributed by atoms with E-state index in [9.17, 15) is 18.0 Å². The summed E-state index contributed by atoms with van der Waals surface area (Å²) in [5, 5.41) is 1.38. The zero-order chi connectivity index (χ0) is 21.0. The molecule has 0 bridgehead atoms. The van der Waals surface area contributed by atoms with Crippen LogP contribution in [0.3, 0.4) is 0 Å². The maximum Gasteiger partial charge on any atom is 0.438 e. The molecule has 0 atom stereocenters. The van der Waals surface area contributed by atoms with Gasteiger partial charge < -0.3 is 14.2 Å². The third-order valence-electron chi connectivity index (χ3n) is 3.34. The van der Waals surface area contributed by atoms with E-state index >= 15 is 0 Å². The zero-order valence-electron chi connectivity index (χ0n) is 14.9. The molecular formula is C16H12F3N5O4S. The molecule has 0 aromatic carbocycles. The lowest BCUT2D eigenvalue weighted by molar-refractivity contribution is -0.141. The fraction of sp³-hybridized carbons (Fsp3) is 0.188. The fourth-order valence-corrected chi connectivity index (χ4v) is 2.99. The summed E-state index contributed by atoms with van der Waals surface area (Å²) in [4.78, 5) is 27.4. The van der Waals surface area contributed by atoms with Crippen molar-refractivity contribution in [3.05, 3.63) is 42.1 Å². The number of carbonyl (C=O) groups is 1. The molecule has 3 heterocycles. The number of carbonyl (C=O) groups excluding carboxylic acids is 1. The number of hydrogen-bond acceptors (Lipinski definition) is 9. The molecule has 1 amide bonds. The van der Waals surface area contributed by atoms with Crippen molar-refractivity contribution in [1.82, 2.24) is 19.9 Å². The van der Waals surface area contributed by atoms with Gasteiger partial charge in [0.05, 0.1) is 14.2 Å². The van der Waals surface area contributed by atoms with Crippen LogP contribution in [0.2, 0.25) is 0 Å². The van der Waals surface area contributed by atoms with Crippen LogP contribution in [0.25, 0.3) is 0 Å². The van der Waals surface area contributed by atoms with Gasteiger partial charge in [-0.2, -0.15) is 13.2 Å². The standard InChI is InChI=1S/C16H12F3N5O4S/c1-26-12-9(13(27-2)22-7-21-12)11(25)24-15-23-10(16(17,18)19)14(29-15)28-8-3-5-20-6-4-8/h3-7H,1-2H3,(H,23,24,25). The topological polar surface area (TPSA) is 108 Å². The van der Waals surface area contributed by atoms with Gasteiger partial charge in [-0.15, -0.1) is 0 Å². The van der Waals surface area contributed by atoms with Crippen LogP contribution in [0.4, 0.5) is 18.3 Å². The van der Waals surface area contributed by atoms with Crippen molar-refractivity contribution in [2.75, 3.05) is 19.5 Å². The Balaban J connectivity index is 1.93. The van der Waals surface area contributed by atoms with E-state index in [0.717, 1.165) is 6.33 Å². The van der Waals surface area contributed by atoms with Gasteiger partial charge in [-0.25, -0.2) is 15.0 Å². The highest BCUT2D eigenvalue weighted by molar-refractivity contribution is 7.17. The van der Waals surface area contributed by atoms with Gasteiger partial charge in [0, 0.05) is 12.4 Å². The number of thiazole rings is 1. The van der Waals surface area contributed by atoms with Gasteiger partial charge in [-0.3, -0.25) is 15.1 Å². The summed E-state index contributed by atoms with van der Waals surface area (Å²) in [6.07, 6.45) is -0.964. The Bertz CT molecular complexity index is 991. The number of nitrogens with one attached hydrogen (secondary N) is 1. The third-order valence-corrected chi connectivity index (χ3v) is 4.19. The van der Waals surface area contributed by atoms with E-state index in [0.29, 0.717) is 11.3 Å². The van der Waals surface area contributed by atoms with Gasteiger partial charge in [0.15, 0.2) is 10.7 Å². The minimum atomic E-state index is -4.80. The van der Waals surface area contributed by atoms with Crippen molar-refractivity contribution in [2.45, 2.75) is 6.18 Å². The molecule has 3 aromatic heterocycles. The lowest BCUT2D eigenvalue weighted by Gasteiger charge is -2.09. The van der Waals surface area contributed by atoms with Crippen LogP contribution in [0.1, 0.15) is 16.1 Å². The second kappa shape index (κ2) is 8.26. The number of alkyl halides is 3. The smallest absolute Gasteiger partial charge is 0.438 e. The average Bonchev–Trinajstić information content (AvgIpc) is 3.10. The minimum absolute atomic E-state index is 0.116. The van der Waals surface area contributed by atoms with E-state index in [2.05, 4.69) is 25.3 Å². The first kappa shape index (κ1) is 20.3. The molecule has 0 aliphatic rings. The lowest BCUT2D eigenvalue weighted by atomic mass is 10.3. The second-order valence-corrected chi connectivity index (χ2v) is 6.12. The van der Waals surface area contributed by atoms with Crippen molar-refractivity contribution in [3.63, 3.8) is 0 Å². The Morgan fingerprint density at radius 3 is 2.28 bits per heavy atom. The number of aromatic nitrogens is 4. The van der Waals surface area contributed by atoms with Gasteiger partial charge >= 0.3 is 6.18 Å². The molecule has 0 aliphatic heterocycles. The van der Waals surface area contributed by atoms with Crippen molar-refractivity contribution in [2.24, 2.45) is 0 Å². The summed E-state index contributed by atoms with van der Waals surface area (Å²) in [7, 11) is 2.54. The first-order chi connectivity index (χ1) is 13.8. The van der Waals surface area contributed by atoms with Crippen LogP contribution in [-0.4, -0.2) is 40.1 Å². The molecule has 0 saturated carbocycles. The number of rotatable bonds is 6. The van der Waals surface area contributed by atoms with Gasteiger partial charge in [0.2, 0.25) is 22.5 Å². The van der Waals surface area contributed by atoms with E-state index in [1.165, 1.54) is 38.7 Å². The van der Waals surface area contributed by atoms with Crippen molar-refractivity contribution in [3.8, 4) is 22.6 Å². The molecule has 29 heavy (non-hydrogen) atoms. The molecule has 9 nitrogen and oxygen atoms in total. The molecule has 0 aliphatic carbocycles. The predicted octanol–water partition coefficient (Wildman–Crippen LogP) is 3.41. The van der Waals surface area contributed by atoms with Gasteiger partial charge in [-0.1, -0.05) is 11.3 Å². The van der Waals surface area contributed by atoms with Gasteiger partial charge in [0.1, 0.15) is 12.1 Å². The summed E-state index contributed by atoms with van der Waals surface area (Å²) in [6.45, 7) is 0. The normalized spacial score (nSPS) is 11.1. The second-order valence-electron chi connectivity index (χ2n) is 5.16. The molecule has 0 fully saturated rings. The Morgan fingerprint density at radius 2 is 1.72 bits per heavy atom. The highest BCUT2D eigenvalue weighted by Crippen LogP contribution is 2.43. The van der Waals surface area contributed by atoms with Crippen LogP contribution >= 0.6 is 11.3 Å². The van der Waals surface area contributed by atoms with E-state index in [1.54, 1.807) is 0 Å². The average molecular weight is 427 g/mol. The summed E-state index contributed by atoms with van der Waals surface area (Å²) in [5.41, 5.74) is -1.48. The number of nitrogens with zero attached hydrogens (tertiary/aromatic N) is 4. The van der Waals surface area contributed by atoms with Crippen LogP contribution in [0.15, 0.2) is 30.9 Å². The number of amides is 1. The van der Waals surface area contributed by atoms with Gasteiger partial charge in [-0.05, 0) is 12.1 Å². The molecule has 1 N–H and O–H groups in total. The van der Waals surface area contributed by atoms with Crippen molar-refractivity contribution >= 4 is 22.4 Å². The van der Waals surface area contributed by atoms with E-state index in [1.807, 2.05) is 0 Å².